The fourth-order valence-electron chi connectivity index (χ4n) is 2.59. The van der Waals surface area contributed by atoms with Gasteiger partial charge in [0.2, 0.25) is 0 Å². The molecule has 108 valence electrons. The molecule has 3 heterocycles. The molecular formula is C14H21N5S. The normalized spacial score (nSPS) is 16.1. The smallest absolute Gasteiger partial charge is 0.149 e. The van der Waals surface area contributed by atoms with Gasteiger partial charge in [-0.1, -0.05) is 6.92 Å². The number of hydrogen-bond acceptors (Lipinski definition) is 5. The molecule has 1 aliphatic heterocycles. The average Bonchev–Trinajstić information content (AvgIpc) is 3.11. The number of aryl methyl sites for hydroxylation is 2. The topological polar surface area (TPSA) is 55.6 Å². The van der Waals surface area contributed by atoms with Crippen LogP contribution in [0.5, 0.6) is 0 Å². The molecule has 0 bridgehead atoms. The van der Waals surface area contributed by atoms with Gasteiger partial charge in [-0.05, 0) is 26.2 Å². The first-order valence-electron chi connectivity index (χ1n) is 7.36. The molecule has 20 heavy (non-hydrogen) atoms. The molecule has 6 heteroatoms. The molecule has 2 aromatic rings. The fourth-order valence-corrected chi connectivity index (χ4v) is 3.34. The molecule has 0 amide bonds. The van der Waals surface area contributed by atoms with Crippen LogP contribution in [0.3, 0.4) is 0 Å². The van der Waals surface area contributed by atoms with Gasteiger partial charge in [-0.3, -0.25) is 0 Å². The van der Waals surface area contributed by atoms with Gasteiger partial charge in [0, 0.05) is 24.9 Å². The Morgan fingerprint density at radius 2 is 2.30 bits per heavy atom. The quantitative estimate of drug-likeness (QED) is 0.919. The van der Waals surface area contributed by atoms with Crippen molar-refractivity contribution in [3.05, 3.63) is 27.7 Å². The van der Waals surface area contributed by atoms with E-state index in [1.165, 1.54) is 17.8 Å². The lowest BCUT2D eigenvalue weighted by Crippen LogP contribution is -2.23. The molecule has 0 aromatic carbocycles. The zero-order valence-electron chi connectivity index (χ0n) is 12.1. The highest BCUT2D eigenvalue weighted by Gasteiger charge is 2.19. The van der Waals surface area contributed by atoms with Crippen LogP contribution in [0.25, 0.3) is 0 Å². The second-order valence-electron chi connectivity index (χ2n) is 5.27. The van der Waals surface area contributed by atoms with Crippen LogP contribution in [-0.4, -0.2) is 19.7 Å². The lowest BCUT2D eigenvalue weighted by atomic mass is 10.1. The van der Waals surface area contributed by atoms with Gasteiger partial charge in [-0.2, -0.15) is 0 Å². The Morgan fingerprint density at radius 3 is 3.10 bits per heavy atom. The SMILES string of the molecule is CCc1nc(CNC(C)c2nnc3n2CCCC3)cs1. The first-order valence-corrected chi connectivity index (χ1v) is 8.24. The van der Waals surface area contributed by atoms with Crippen LogP contribution < -0.4 is 5.32 Å². The van der Waals surface area contributed by atoms with Gasteiger partial charge in [0.15, 0.2) is 0 Å². The average molecular weight is 291 g/mol. The van der Waals surface area contributed by atoms with E-state index in [4.69, 9.17) is 0 Å². The van der Waals surface area contributed by atoms with E-state index in [-0.39, 0.29) is 6.04 Å². The van der Waals surface area contributed by atoms with E-state index in [1.54, 1.807) is 11.3 Å². The Kier molecular flexibility index (Phi) is 4.12. The first-order chi connectivity index (χ1) is 9.78. The summed E-state index contributed by atoms with van der Waals surface area (Å²) in [7, 11) is 0. The lowest BCUT2D eigenvalue weighted by molar-refractivity contribution is 0.464. The Bertz CT molecular complexity index is 574. The van der Waals surface area contributed by atoms with Gasteiger partial charge in [0.1, 0.15) is 11.6 Å². The Balaban J connectivity index is 1.64. The number of thiazole rings is 1. The molecule has 1 unspecified atom stereocenters. The summed E-state index contributed by atoms with van der Waals surface area (Å²) in [5.74, 6) is 2.20. The van der Waals surface area contributed by atoms with E-state index in [9.17, 15) is 0 Å². The molecule has 0 saturated carbocycles. The molecule has 5 nitrogen and oxygen atoms in total. The maximum atomic E-state index is 4.58. The monoisotopic (exact) mass is 291 g/mol. The second-order valence-corrected chi connectivity index (χ2v) is 6.21. The van der Waals surface area contributed by atoms with Crippen molar-refractivity contribution < 1.29 is 0 Å². The summed E-state index contributed by atoms with van der Waals surface area (Å²) in [5, 5.41) is 15.5. The zero-order chi connectivity index (χ0) is 13.9. The summed E-state index contributed by atoms with van der Waals surface area (Å²) in [5.41, 5.74) is 1.12. The van der Waals surface area contributed by atoms with E-state index < -0.39 is 0 Å². The first kappa shape index (κ1) is 13.7. The molecule has 0 spiro atoms. The van der Waals surface area contributed by atoms with Gasteiger partial charge >= 0.3 is 0 Å². The van der Waals surface area contributed by atoms with Gasteiger partial charge in [0.05, 0.1) is 16.7 Å². The van der Waals surface area contributed by atoms with Gasteiger partial charge < -0.3 is 9.88 Å². The standard InChI is InChI=1S/C14H21N5S/c1-3-13-16-11(9-20-13)8-15-10(2)14-18-17-12-6-4-5-7-19(12)14/h9-10,15H,3-8H2,1-2H3. The number of aromatic nitrogens is 4. The van der Waals surface area contributed by atoms with Crippen LogP contribution in [0.1, 0.15) is 55.1 Å². The van der Waals surface area contributed by atoms with Crippen molar-refractivity contribution in [3.8, 4) is 0 Å². The van der Waals surface area contributed by atoms with Crippen molar-refractivity contribution in [3.63, 3.8) is 0 Å². The third kappa shape index (κ3) is 2.76. The summed E-state index contributed by atoms with van der Waals surface area (Å²) in [6.07, 6.45) is 4.54. The molecule has 1 N–H and O–H groups in total. The molecule has 1 atom stereocenters. The van der Waals surface area contributed by atoms with Crippen LogP contribution in [0.15, 0.2) is 5.38 Å². The van der Waals surface area contributed by atoms with Crippen LogP contribution in [-0.2, 0) is 25.9 Å². The van der Waals surface area contributed by atoms with Gasteiger partial charge in [-0.15, -0.1) is 21.5 Å². The van der Waals surface area contributed by atoms with Crippen molar-refractivity contribution in [2.24, 2.45) is 0 Å². The Hall–Kier alpha value is -1.27. The van der Waals surface area contributed by atoms with E-state index in [1.807, 2.05) is 0 Å². The molecule has 0 aliphatic carbocycles. The summed E-state index contributed by atoms with van der Waals surface area (Å²) >= 11 is 1.74. The zero-order valence-corrected chi connectivity index (χ0v) is 12.9. The molecular weight excluding hydrogens is 270 g/mol. The van der Waals surface area contributed by atoms with E-state index >= 15 is 0 Å². The summed E-state index contributed by atoms with van der Waals surface area (Å²) in [6, 6.07) is 0.209. The molecule has 2 aromatic heterocycles. The Labute approximate surface area is 123 Å². The van der Waals surface area contributed by atoms with Crippen molar-refractivity contribution in [2.45, 2.75) is 58.7 Å². The van der Waals surface area contributed by atoms with Crippen LogP contribution >= 0.6 is 11.3 Å². The maximum Gasteiger partial charge on any atom is 0.149 e. The molecule has 1 aliphatic rings. The lowest BCUT2D eigenvalue weighted by Gasteiger charge is -2.18. The molecule has 0 saturated heterocycles. The largest absolute Gasteiger partial charge is 0.314 e. The van der Waals surface area contributed by atoms with Crippen molar-refractivity contribution in [1.82, 2.24) is 25.1 Å². The predicted octanol–water partition coefficient (Wildman–Crippen LogP) is 2.48. The number of hydrogen-bond donors (Lipinski definition) is 1. The Morgan fingerprint density at radius 1 is 1.40 bits per heavy atom. The summed E-state index contributed by atoms with van der Waals surface area (Å²) in [4.78, 5) is 4.58. The maximum absolute atomic E-state index is 4.58. The minimum absolute atomic E-state index is 0.209. The third-order valence-electron chi connectivity index (χ3n) is 3.77. The van der Waals surface area contributed by atoms with Crippen LogP contribution in [0, 0.1) is 0 Å². The van der Waals surface area contributed by atoms with Crippen LogP contribution in [0.4, 0.5) is 0 Å². The highest BCUT2D eigenvalue weighted by molar-refractivity contribution is 7.09. The van der Waals surface area contributed by atoms with Gasteiger partial charge in [-0.25, -0.2) is 4.98 Å². The predicted molar refractivity (Wildman–Crippen MR) is 79.7 cm³/mol. The molecule has 0 radical (unpaired) electrons. The van der Waals surface area contributed by atoms with Crippen LogP contribution in [0.2, 0.25) is 0 Å². The number of nitrogens with one attached hydrogen (secondary N) is 1. The minimum Gasteiger partial charge on any atom is -0.314 e. The summed E-state index contributed by atoms with van der Waals surface area (Å²) < 4.78 is 2.28. The number of rotatable bonds is 5. The fraction of sp³-hybridized carbons (Fsp3) is 0.643. The number of nitrogens with zero attached hydrogens (tertiary/aromatic N) is 4. The molecule has 3 rings (SSSR count). The van der Waals surface area contributed by atoms with Crippen molar-refractivity contribution in [1.29, 1.82) is 0 Å². The van der Waals surface area contributed by atoms with E-state index in [2.05, 4.69) is 44.3 Å². The summed E-state index contributed by atoms with van der Waals surface area (Å²) in [6.45, 7) is 6.14. The van der Waals surface area contributed by atoms with E-state index in [0.29, 0.717) is 0 Å². The second kappa shape index (κ2) is 6.01. The highest BCUT2D eigenvalue weighted by atomic mass is 32.1. The molecule has 0 fully saturated rings. The highest BCUT2D eigenvalue weighted by Crippen LogP contribution is 2.19. The van der Waals surface area contributed by atoms with Gasteiger partial charge in [0.25, 0.3) is 0 Å². The minimum atomic E-state index is 0.209. The van der Waals surface area contributed by atoms with E-state index in [0.717, 1.165) is 43.3 Å². The third-order valence-corrected chi connectivity index (χ3v) is 4.81. The number of fused-ring (bicyclic) bond motifs is 1. The van der Waals surface area contributed by atoms with Crippen molar-refractivity contribution >= 4 is 11.3 Å². The van der Waals surface area contributed by atoms with Crippen molar-refractivity contribution in [2.75, 3.05) is 0 Å².